The fourth-order valence-corrected chi connectivity index (χ4v) is 3.30. The highest BCUT2D eigenvalue weighted by molar-refractivity contribution is 5.89. The van der Waals surface area contributed by atoms with E-state index in [0.717, 1.165) is 19.5 Å². The molecule has 3 atom stereocenters. The topological polar surface area (TPSA) is 49.9 Å². The first-order chi connectivity index (χ1) is 9.52. The number of carbonyl (C=O) groups excluding carboxylic acids is 2. The van der Waals surface area contributed by atoms with E-state index in [1.165, 1.54) is 6.42 Å². The third-order valence-electron chi connectivity index (χ3n) is 4.42. The molecule has 0 spiro atoms. The quantitative estimate of drug-likeness (QED) is 0.776. The van der Waals surface area contributed by atoms with Crippen molar-refractivity contribution in [2.75, 3.05) is 33.4 Å². The lowest BCUT2D eigenvalue weighted by Crippen LogP contribution is -2.43. The van der Waals surface area contributed by atoms with Crippen molar-refractivity contribution in [3.63, 3.8) is 0 Å². The van der Waals surface area contributed by atoms with E-state index in [1.54, 1.807) is 12.0 Å². The Hall–Kier alpha value is -1.10. The molecule has 2 fully saturated rings. The highest BCUT2D eigenvalue weighted by Crippen LogP contribution is 2.25. The van der Waals surface area contributed by atoms with Crippen molar-refractivity contribution in [1.29, 1.82) is 0 Å². The molecule has 2 heterocycles. The number of carbonyl (C=O) groups is 2. The average Bonchev–Trinajstić information content (AvgIpc) is 2.80. The second-order valence-corrected chi connectivity index (χ2v) is 6.28. The van der Waals surface area contributed by atoms with Crippen molar-refractivity contribution in [1.82, 2.24) is 9.80 Å². The van der Waals surface area contributed by atoms with E-state index in [0.29, 0.717) is 25.5 Å². The minimum atomic E-state index is -0.160. The summed E-state index contributed by atoms with van der Waals surface area (Å²) in [6, 6.07) is 0.0468. The van der Waals surface area contributed by atoms with Gasteiger partial charge in [-0.2, -0.15) is 0 Å². The molecule has 2 rings (SSSR count). The standard InChI is InChI=1S/C15H26N2O3/c1-11-5-4-6-16(8-11)15(19)13-7-14(18)17(9-13)12(2)10-20-3/h11-13H,4-10H2,1-3H3/t11-,12-,13-/m0/s1. The van der Waals surface area contributed by atoms with Gasteiger partial charge in [0.2, 0.25) is 11.8 Å². The lowest BCUT2D eigenvalue weighted by atomic mass is 9.98. The first-order valence-corrected chi connectivity index (χ1v) is 7.60. The predicted molar refractivity (Wildman–Crippen MR) is 76.1 cm³/mol. The Morgan fingerprint density at radius 2 is 2.20 bits per heavy atom. The molecule has 0 saturated carbocycles. The van der Waals surface area contributed by atoms with Gasteiger partial charge in [0.15, 0.2) is 0 Å². The van der Waals surface area contributed by atoms with E-state index in [4.69, 9.17) is 4.74 Å². The number of nitrogens with zero attached hydrogens (tertiary/aromatic N) is 2. The smallest absolute Gasteiger partial charge is 0.228 e. The Bertz CT molecular complexity index is 372. The third kappa shape index (κ3) is 3.32. The molecule has 2 amide bonds. The summed E-state index contributed by atoms with van der Waals surface area (Å²) >= 11 is 0. The summed E-state index contributed by atoms with van der Waals surface area (Å²) in [6.07, 6.45) is 2.64. The molecule has 0 N–H and O–H groups in total. The number of likely N-dealkylation sites (tertiary alicyclic amines) is 2. The SMILES string of the molecule is COC[C@H](C)N1C[C@@H](C(=O)N2CCC[C@H](C)C2)CC1=O. The molecule has 0 aromatic carbocycles. The number of hydrogen-bond donors (Lipinski definition) is 0. The van der Waals surface area contributed by atoms with Gasteiger partial charge in [-0.05, 0) is 25.7 Å². The van der Waals surface area contributed by atoms with Crippen LogP contribution < -0.4 is 0 Å². The zero-order valence-electron chi connectivity index (χ0n) is 12.8. The maximum atomic E-state index is 12.5. The summed E-state index contributed by atoms with van der Waals surface area (Å²) in [4.78, 5) is 28.3. The molecule has 0 bridgehead atoms. The average molecular weight is 282 g/mol. The van der Waals surface area contributed by atoms with E-state index in [1.807, 2.05) is 11.8 Å². The molecular formula is C15H26N2O3. The summed E-state index contributed by atoms with van der Waals surface area (Å²) in [5, 5.41) is 0. The van der Waals surface area contributed by atoms with E-state index in [2.05, 4.69) is 6.92 Å². The van der Waals surface area contributed by atoms with Crippen LogP contribution in [0, 0.1) is 11.8 Å². The van der Waals surface area contributed by atoms with Gasteiger partial charge in [0, 0.05) is 33.2 Å². The van der Waals surface area contributed by atoms with Crippen LogP contribution in [0.2, 0.25) is 0 Å². The van der Waals surface area contributed by atoms with Gasteiger partial charge in [0.05, 0.1) is 18.6 Å². The molecule has 114 valence electrons. The maximum Gasteiger partial charge on any atom is 0.228 e. The highest BCUT2D eigenvalue weighted by atomic mass is 16.5. The fraction of sp³-hybridized carbons (Fsp3) is 0.867. The van der Waals surface area contributed by atoms with Crippen LogP contribution >= 0.6 is 0 Å². The van der Waals surface area contributed by atoms with Crippen LogP contribution in [0.4, 0.5) is 0 Å². The van der Waals surface area contributed by atoms with Crippen molar-refractivity contribution < 1.29 is 14.3 Å². The van der Waals surface area contributed by atoms with Crippen molar-refractivity contribution in [2.45, 2.75) is 39.2 Å². The zero-order valence-corrected chi connectivity index (χ0v) is 12.8. The molecule has 0 aromatic rings. The maximum absolute atomic E-state index is 12.5. The van der Waals surface area contributed by atoms with E-state index in [-0.39, 0.29) is 23.8 Å². The molecule has 20 heavy (non-hydrogen) atoms. The fourth-order valence-electron chi connectivity index (χ4n) is 3.30. The molecular weight excluding hydrogens is 256 g/mol. The van der Waals surface area contributed by atoms with Crippen LogP contribution in [0.3, 0.4) is 0 Å². The molecule has 0 aliphatic carbocycles. The first-order valence-electron chi connectivity index (χ1n) is 7.60. The van der Waals surface area contributed by atoms with Crippen LogP contribution in [-0.4, -0.2) is 61.0 Å². The van der Waals surface area contributed by atoms with Crippen molar-refractivity contribution in [2.24, 2.45) is 11.8 Å². The molecule has 5 nitrogen and oxygen atoms in total. The van der Waals surface area contributed by atoms with Gasteiger partial charge in [0.1, 0.15) is 0 Å². The molecule has 2 aliphatic rings. The van der Waals surface area contributed by atoms with Crippen LogP contribution in [-0.2, 0) is 14.3 Å². The second kappa shape index (κ2) is 6.57. The summed E-state index contributed by atoms with van der Waals surface area (Å²) in [5.74, 6) is 0.662. The lowest BCUT2D eigenvalue weighted by molar-refractivity contribution is -0.137. The molecule has 2 aliphatic heterocycles. The van der Waals surface area contributed by atoms with Crippen molar-refractivity contribution in [3.8, 4) is 0 Å². The second-order valence-electron chi connectivity index (χ2n) is 6.28. The normalized spacial score (nSPS) is 28.9. The first kappa shape index (κ1) is 15.3. The van der Waals surface area contributed by atoms with E-state index < -0.39 is 0 Å². The molecule has 0 unspecified atom stereocenters. The summed E-state index contributed by atoms with van der Waals surface area (Å²) in [6.45, 7) is 6.92. The van der Waals surface area contributed by atoms with Gasteiger partial charge in [-0.1, -0.05) is 6.92 Å². The van der Waals surface area contributed by atoms with E-state index >= 15 is 0 Å². The number of methoxy groups -OCH3 is 1. The van der Waals surface area contributed by atoms with Crippen molar-refractivity contribution >= 4 is 11.8 Å². The monoisotopic (exact) mass is 282 g/mol. The van der Waals surface area contributed by atoms with Crippen LogP contribution in [0.1, 0.15) is 33.1 Å². The highest BCUT2D eigenvalue weighted by Gasteiger charge is 2.38. The summed E-state index contributed by atoms with van der Waals surface area (Å²) < 4.78 is 5.10. The Balaban J connectivity index is 1.93. The molecule has 2 saturated heterocycles. The molecule has 0 aromatic heterocycles. The zero-order chi connectivity index (χ0) is 14.7. The largest absolute Gasteiger partial charge is 0.383 e. The number of rotatable bonds is 4. The Morgan fingerprint density at radius 3 is 2.85 bits per heavy atom. The number of amides is 2. The van der Waals surface area contributed by atoms with Crippen molar-refractivity contribution in [3.05, 3.63) is 0 Å². The van der Waals surface area contributed by atoms with Gasteiger partial charge in [-0.15, -0.1) is 0 Å². The van der Waals surface area contributed by atoms with Gasteiger partial charge >= 0.3 is 0 Å². The van der Waals surface area contributed by atoms with Gasteiger partial charge in [-0.25, -0.2) is 0 Å². The van der Waals surface area contributed by atoms with Gasteiger partial charge in [-0.3, -0.25) is 9.59 Å². The predicted octanol–water partition coefficient (Wildman–Crippen LogP) is 1.13. The van der Waals surface area contributed by atoms with Crippen LogP contribution in [0.15, 0.2) is 0 Å². The lowest BCUT2D eigenvalue weighted by Gasteiger charge is -2.33. The van der Waals surface area contributed by atoms with Crippen LogP contribution in [0.5, 0.6) is 0 Å². The third-order valence-corrected chi connectivity index (χ3v) is 4.42. The van der Waals surface area contributed by atoms with E-state index in [9.17, 15) is 9.59 Å². The van der Waals surface area contributed by atoms with Gasteiger partial charge < -0.3 is 14.5 Å². The van der Waals surface area contributed by atoms with Gasteiger partial charge in [0.25, 0.3) is 0 Å². The number of hydrogen-bond acceptors (Lipinski definition) is 3. The Labute approximate surface area is 121 Å². The molecule has 0 radical (unpaired) electrons. The minimum absolute atomic E-state index is 0.0468. The number of ether oxygens (including phenoxy) is 1. The van der Waals surface area contributed by atoms with Crippen LogP contribution in [0.25, 0.3) is 0 Å². The Morgan fingerprint density at radius 1 is 1.45 bits per heavy atom. The minimum Gasteiger partial charge on any atom is -0.383 e. The Kier molecular flexibility index (Phi) is 5.02. The summed E-state index contributed by atoms with van der Waals surface area (Å²) in [7, 11) is 1.63. The molecule has 5 heteroatoms. The summed E-state index contributed by atoms with van der Waals surface area (Å²) in [5.41, 5.74) is 0. The number of piperidine rings is 1.